The number of nitrogens with one attached hydrogen (secondary N) is 1. The zero-order valence-electron chi connectivity index (χ0n) is 16.9. The van der Waals surface area contributed by atoms with E-state index < -0.39 is 12.0 Å². The van der Waals surface area contributed by atoms with Gasteiger partial charge in [0, 0.05) is 18.7 Å². The summed E-state index contributed by atoms with van der Waals surface area (Å²) >= 11 is 0. The van der Waals surface area contributed by atoms with E-state index in [1.165, 1.54) is 7.11 Å². The molecule has 1 aliphatic heterocycles. The Balaban J connectivity index is 2.07. The maximum Gasteiger partial charge on any atom is 0.328 e. The summed E-state index contributed by atoms with van der Waals surface area (Å²) in [5.74, 6) is -1.08. The van der Waals surface area contributed by atoms with Gasteiger partial charge in [-0.3, -0.25) is 9.59 Å². The van der Waals surface area contributed by atoms with Crippen LogP contribution < -0.4 is 5.32 Å². The first-order valence-corrected chi connectivity index (χ1v) is 9.48. The van der Waals surface area contributed by atoms with Crippen molar-refractivity contribution < 1.29 is 19.1 Å². The van der Waals surface area contributed by atoms with Crippen molar-refractivity contribution in [2.45, 2.75) is 46.6 Å². The van der Waals surface area contributed by atoms with Crippen molar-refractivity contribution in [1.82, 2.24) is 10.2 Å². The van der Waals surface area contributed by atoms with Gasteiger partial charge >= 0.3 is 5.97 Å². The molecule has 6 heteroatoms. The zero-order valence-corrected chi connectivity index (χ0v) is 16.9. The molecule has 0 bridgehead atoms. The van der Waals surface area contributed by atoms with E-state index in [-0.39, 0.29) is 23.7 Å². The molecule has 1 unspecified atom stereocenters. The molecule has 1 N–H and O–H groups in total. The average molecular weight is 374 g/mol. The Morgan fingerprint density at radius 2 is 1.78 bits per heavy atom. The van der Waals surface area contributed by atoms with Gasteiger partial charge in [0.25, 0.3) is 5.91 Å². The second kappa shape index (κ2) is 9.02. The zero-order chi connectivity index (χ0) is 20.1. The van der Waals surface area contributed by atoms with E-state index in [9.17, 15) is 14.4 Å². The molecule has 27 heavy (non-hydrogen) atoms. The minimum Gasteiger partial charge on any atom is -0.467 e. The first-order valence-electron chi connectivity index (χ1n) is 9.48. The van der Waals surface area contributed by atoms with Crippen LogP contribution in [0.5, 0.6) is 0 Å². The van der Waals surface area contributed by atoms with Gasteiger partial charge in [0.05, 0.1) is 13.0 Å². The third kappa shape index (κ3) is 5.31. The lowest BCUT2D eigenvalue weighted by atomic mass is 9.95. The van der Waals surface area contributed by atoms with Crippen molar-refractivity contribution in [3.63, 3.8) is 0 Å². The number of likely N-dealkylation sites (tertiary alicyclic amines) is 1. The maximum absolute atomic E-state index is 12.9. The fourth-order valence-electron chi connectivity index (χ4n) is 3.55. The average Bonchev–Trinajstić information content (AvgIpc) is 2.63. The van der Waals surface area contributed by atoms with Crippen LogP contribution in [0.25, 0.3) is 0 Å². The second-order valence-corrected chi connectivity index (χ2v) is 7.72. The number of carbonyl (C=O) groups excluding carboxylic acids is 3. The molecule has 1 aromatic rings. The maximum atomic E-state index is 12.9. The van der Waals surface area contributed by atoms with E-state index in [0.717, 1.165) is 17.5 Å². The molecule has 0 saturated carbocycles. The van der Waals surface area contributed by atoms with Gasteiger partial charge in [-0.2, -0.15) is 0 Å². The summed E-state index contributed by atoms with van der Waals surface area (Å²) in [7, 11) is 1.31. The van der Waals surface area contributed by atoms with Gasteiger partial charge in [-0.1, -0.05) is 31.0 Å². The normalized spacial score (nSPS) is 18.1. The quantitative estimate of drug-likeness (QED) is 0.804. The van der Waals surface area contributed by atoms with E-state index in [1.807, 2.05) is 45.9 Å². The van der Waals surface area contributed by atoms with Crippen LogP contribution in [0.3, 0.4) is 0 Å². The highest BCUT2D eigenvalue weighted by Gasteiger charge is 2.32. The number of methoxy groups -OCH3 is 1. The fraction of sp³-hybridized carbons (Fsp3) is 0.571. The van der Waals surface area contributed by atoms with Gasteiger partial charge < -0.3 is 15.0 Å². The van der Waals surface area contributed by atoms with Crippen LogP contribution in [-0.4, -0.2) is 48.9 Å². The Bertz CT molecular complexity index is 694. The van der Waals surface area contributed by atoms with E-state index in [0.29, 0.717) is 25.1 Å². The molecule has 1 aromatic carbocycles. The van der Waals surface area contributed by atoms with Crippen molar-refractivity contribution in [3.05, 3.63) is 34.9 Å². The minimum atomic E-state index is -0.673. The van der Waals surface area contributed by atoms with Gasteiger partial charge in [0.2, 0.25) is 5.91 Å². The monoisotopic (exact) mass is 374 g/mol. The summed E-state index contributed by atoms with van der Waals surface area (Å²) in [6.07, 6.45) is 1.47. The van der Waals surface area contributed by atoms with Crippen LogP contribution in [-0.2, 0) is 14.3 Å². The molecule has 6 nitrogen and oxygen atoms in total. The summed E-state index contributed by atoms with van der Waals surface area (Å²) in [6, 6.07) is 5.12. The first kappa shape index (κ1) is 20.9. The SMILES string of the molecule is COC(=O)[C@@H](NC(=O)C1CCCN(C(=O)c2cc(C)cc(C)c2)C1)C(C)C. The number of rotatable bonds is 5. The summed E-state index contributed by atoms with van der Waals surface area (Å²) in [6.45, 7) is 8.66. The Labute approximate surface area is 161 Å². The Morgan fingerprint density at radius 3 is 2.33 bits per heavy atom. The summed E-state index contributed by atoms with van der Waals surface area (Å²) in [5.41, 5.74) is 2.74. The summed E-state index contributed by atoms with van der Waals surface area (Å²) < 4.78 is 4.78. The number of hydrogen-bond donors (Lipinski definition) is 1. The smallest absolute Gasteiger partial charge is 0.328 e. The van der Waals surface area contributed by atoms with Crippen LogP contribution >= 0.6 is 0 Å². The van der Waals surface area contributed by atoms with Crippen LogP contribution in [0.15, 0.2) is 18.2 Å². The van der Waals surface area contributed by atoms with Crippen LogP contribution in [0.1, 0.15) is 48.2 Å². The first-order chi connectivity index (χ1) is 12.7. The van der Waals surface area contributed by atoms with Gasteiger partial charge in [-0.25, -0.2) is 4.79 Å². The van der Waals surface area contributed by atoms with E-state index in [1.54, 1.807) is 4.90 Å². The highest BCUT2D eigenvalue weighted by Crippen LogP contribution is 2.20. The third-order valence-corrected chi connectivity index (χ3v) is 4.97. The van der Waals surface area contributed by atoms with Crippen molar-refractivity contribution in [2.75, 3.05) is 20.2 Å². The lowest BCUT2D eigenvalue weighted by Crippen LogP contribution is -2.51. The molecule has 1 heterocycles. The molecular formula is C21H30N2O4. The summed E-state index contributed by atoms with van der Waals surface area (Å²) in [5, 5.41) is 2.80. The second-order valence-electron chi connectivity index (χ2n) is 7.72. The molecule has 0 spiro atoms. The minimum absolute atomic E-state index is 0.0484. The van der Waals surface area contributed by atoms with Crippen LogP contribution in [0.4, 0.5) is 0 Å². The topological polar surface area (TPSA) is 75.7 Å². The number of aryl methyl sites for hydroxylation is 2. The lowest BCUT2D eigenvalue weighted by molar-refractivity contribution is -0.147. The molecule has 2 amide bonds. The van der Waals surface area contributed by atoms with Crippen molar-refractivity contribution in [2.24, 2.45) is 11.8 Å². The molecule has 2 rings (SSSR count). The number of benzene rings is 1. The van der Waals surface area contributed by atoms with Gasteiger partial charge in [0.1, 0.15) is 6.04 Å². The van der Waals surface area contributed by atoms with E-state index in [4.69, 9.17) is 4.74 Å². The molecule has 0 radical (unpaired) electrons. The Morgan fingerprint density at radius 1 is 1.15 bits per heavy atom. The highest BCUT2D eigenvalue weighted by molar-refractivity contribution is 5.95. The van der Waals surface area contributed by atoms with Crippen molar-refractivity contribution >= 4 is 17.8 Å². The Kier molecular flexibility index (Phi) is 6.99. The van der Waals surface area contributed by atoms with Crippen LogP contribution in [0, 0.1) is 25.7 Å². The number of carbonyl (C=O) groups is 3. The largest absolute Gasteiger partial charge is 0.467 e. The predicted molar refractivity (Wildman–Crippen MR) is 103 cm³/mol. The van der Waals surface area contributed by atoms with E-state index >= 15 is 0 Å². The van der Waals surface area contributed by atoms with Gasteiger partial charge in [-0.15, -0.1) is 0 Å². The number of ether oxygens (including phenoxy) is 1. The highest BCUT2D eigenvalue weighted by atomic mass is 16.5. The van der Waals surface area contributed by atoms with Gasteiger partial charge in [-0.05, 0) is 44.7 Å². The number of nitrogens with zero attached hydrogens (tertiary/aromatic N) is 1. The number of hydrogen-bond acceptors (Lipinski definition) is 4. The summed E-state index contributed by atoms with van der Waals surface area (Å²) in [4.78, 5) is 39.2. The number of piperidine rings is 1. The van der Waals surface area contributed by atoms with Gasteiger partial charge in [0.15, 0.2) is 0 Å². The molecule has 2 atom stereocenters. The number of esters is 1. The van der Waals surface area contributed by atoms with Crippen molar-refractivity contribution in [3.8, 4) is 0 Å². The third-order valence-electron chi connectivity index (χ3n) is 4.97. The standard InChI is InChI=1S/C21H30N2O4/c1-13(2)18(21(26)27-5)22-19(24)16-7-6-8-23(12-16)20(25)17-10-14(3)9-15(4)11-17/h9-11,13,16,18H,6-8,12H2,1-5H3,(H,22,24)/t16?,18-/m0/s1. The molecule has 1 fully saturated rings. The van der Waals surface area contributed by atoms with E-state index in [2.05, 4.69) is 5.32 Å². The van der Waals surface area contributed by atoms with Crippen LogP contribution in [0.2, 0.25) is 0 Å². The molecule has 1 saturated heterocycles. The lowest BCUT2D eigenvalue weighted by Gasteiger charge is -2.33. The number of amides is 2. The Hall–Kier alpha value is -2.37. The molecular weight excluding hydrogens is 344 g/mol. The fourth-order valence-corrected chi connectivity index (χ4v) is 3.55. The molecule has 1 aliphatic rings. The van der Waals surface area contributed by atoms with Crippen molar-refractivity contribution in [1.29, 1.82) is 0 Å². The molecule has 0 aromatic heterocycles. The predicted octanol–water partition coefficient (Wildman–Crippen LogP) is 2.47. The molecule has 0 aliphatic carbocycles. The molecule has 148 valence electrons.